The van der Waals surface area contributed by atoms with Crippen LogP contribution in [0.25, 0.3) is 0 Å². The van der Waals surface area contributed by atoms with Crippen LogP contribution in [0.5, 0.6) is 0 Å². The van der Waals surface area contributed by atoms with E-state index in [1.54, 1.807) is 0 Å². The van der Waals surface area contributed by atoms with Gasteiger partial charge in [0.1, 0.15) is 53.0 Å². The Labute approximate surface area is 448 Å². The quantitative estimate of drug-likeness (QED) is 0.0205. The van der Waals surface area contributed by atoms with Crippen molar-refractivity contribution in [2.75, 3.05) is 52.9 Å². The van der Waals surface area contributed by atoms with Crippen molar-refractivity contribution in [2.45, 2.75) is 119 Å². The zero-order chi connectivity index (χ0) is 59.2. The second-order valence-electron chi connectivity index (χ2n) is 16.9. The molecule has 0 aliphatic rings. The Morgan fingerprint density at radius 2 is 0.797 bits per heavy atom. The number of aliphatic imine (C=N–C) groups is 1. The van der Waals surface area contributed by atoms with E-state index in [0.29, 0.717) is 53.1 Å². The van der Waals surface area contributed by atoms with Gasteiger partial charge in [-0.1, -0.05) is 33.1 Å². The Morgan fingerprint density at radius 1 is 0.468 bits per heavy atom. The molecule has 434 valence electrons. The van der Waals surface area contributed by atoms with Crippen LogP contribution < -0.4 is 39.5 Å². The molecule has 0 aromatic carbocycles. The fraction of sp³-hybridized carbons (Fsp3) is 0.562. The summed E-state index contributed by atoms with van der Waals surface area (Å²) >= 11 is 0. The van der Waals surface area contributed by atoms with Crippen LogP contribution in [0, 0.1) is 5.92 Å². The number of carbonyl (C=O) groups is 8. The van der Waals surface area contributed by atoms with Crippen molar-refractivity contribution in [1.29, 1.82) is 0 Å². The highest BCUT2D eigenvalue weighted by Crippen LogP contribution is 2.16. The van der Waals surface area contributed by atoms with Crippen LogP contribution in [-0.4, -0.2) is 134 Å². The number of carbonyl (C=O) groups excluding carboxylic acids is 9. The maximum absolute atomic E-state index is 13.5. The van der Waals surface area contributed by atoms with Gasteiger partial charge in [-0.15, -0.1) is 0 Å². The summed E-state index contributed by atoms with van der Waals surface area (Å²) in [5.74, 6) is -5.71. The number of hydrogen-bond acceptors (Lipinski definition) is 24. The van der Waals surface area contributed by atoms with Crippen molar-refractivity contribution in [3.8, 4) is 0 Å². The molecule has 79 heavy (non-hydrogen) atoms. The first kappa shape index (κ1) is 66.1. The lowest BCUT2D eigenvalue weighted by Crippen LogP contribution is -2.56. The van der Waals surface area contributed by atoms with Gasteiger partial charge >= 0.3 is 82.0 Å². The fourth-order valence-electron chi connectivity index (χ4n) is 6.45. The number of nitrogens with one attached hydrogen (secondary N) is 1. The highest BCUT2D eigenvalue weighted by molar-refractivity contribution is 5.87. The molecule has 2 rings (SSSR count). The van der Waals surface area contributed by atoms with Gasteiger partial charge < -0.3 is 43.2 Å². The molecule has 2 aromatic rings. The van der Waals surface area contributed by atoms with Gasteiger partial charge in [0.25, 0.3) is 0 Å². The van der Waals surface area contributed by atoms with Crippen LogP contribution in [-0.2, 0) is 116 Å². The molecular weight excluding hydrogens is 1060 g/mol. The van der Waals surface area contributed by atoms with Crippen LogP contribution in [0.3, 0.4) is 0 Å². The van der Waals surface area contributed by atoms with Crippen molar-refractivity contribution >= 4 is 54.0 Å². The minimum Gasteiger partial charge on any atom is -0.466 e. The average Bonchev–Trinajstić information content (AvgIpc) is 3.42. The molecule has 0 aliphatic heterocycles. The SMILES string of the molecule is C=C(C)C(=O)OCCOC(=O)CCn1c(=O)n(CCC(=O)OCCCC(CC)CCOC(=O)CCn2c(=O)n(CCC(=O)OCCOC(=O)C(=C)C)c(=O)n(CNC(=O)OCCOC(=O)C(=C)C)c2=O)c(=O)n(CN=C=O)c1=O. The van der Waals surface area contributed by atoms with Gasteiger partial charge in [0.15, 0.2) is 0 Å². The second-order valence-corrected chi connectivity index (χ2v) is 16.9. The Balaban J connectivity index is 2.02. The molecule has 0 fully saturated rings. The predicted octanol–water partition coefficient (Wildman–Crippen LogP) is -1.38. The van der Waals surface area contributed by atoms with E-state index in [1.807, 2.05) is 6.92 Å². The van der Waals surface area contributed by atoms with Gasteiger partial charge in [-0.3, -0.25) is 19.2 Å². The molecule has 0 saturated heterocycles. The van der Waals surface area contributed by atoms with Gasteiger partial charge in [0.05, 0.1) is 38.9 Å². The largest absolute Gasteiger partial charge is 0.466 e. The first-order valence-electron chi connectivity index (χ1n) is 24.4. The lowest BCUT2D eigenvalue weighted by atomic mass is 9.97. The van der Waals surface area contributed by atoms with Crippen molar-refractivity contribution in [2.24, 2.45) is 10.9 Å². The molecule has 0 spiro atoms. The van der Waals surface area contributed by atoms with E-state index < -0.39 is 154 Å². The molecule has 0 bridgehead atoms. The number of ether oxygens (including phenoxy) is 8. The Hall–Kier alpha value is -9.02. The third-order valence-electron chi connectivity index (χ3n) is 10.7. The molecule has 31 nitrogen and oxygen atoms in total. The molecular formula is C48H64N8O23. The Bertz CT molecular complexity index is 2920. The van der Waals surface area contributed by atoms with Crippen LogP contribution in [0.4, 0.5) is 4.79 Å². The molecule has 2 heterocycles. The van der Waals surface area contributed by atoms with Crippen LogP contribution in [0.2, 0.25) is 0 Å². The number of esters is 7. The summed E-state index contributed by atoms with van der Waals surface area (Å²) in [7, 11) is 0. The monoisotopic (exact) mass is 1120 g/mol. The van der Waals surface area contributed by atoms with Crippen molar-refractivity contribution in [3.05, 3.63) is 99.4 Å². The first-order valence-corrected chi connectivity index (χ1v) is 24.4. The molecule has 1 atom stereocenters. The molecule has 1 amide bonds. The molecule has 31 heteroatoms. The maximum atomic E-state index is 13.5. The standard InChI is InChI=1S/C48H64N8O23/c1-8-34(10-9-20-72-35(58)11-16-51-43(66)52(46(69)55(45(51)68)28-49-30-57)18-13-37(60)74-22-24-76-39(62)31(2)3)15-21-73-36(59)12-17-53-44(67)54(19-14-38(61)75-23-25-77-40(63)32(4)5)48(71)56(47(53)70)29-50-42(65)79-27-26-78-41(64)33(6)7/h34H,2,4,6,8-29H2,1,3,5,7H3,(H,50,65). The number of nitrogens with zero attached hydrogens (tertiary/aromatic N) is 7. The molecule has 1 N–H and O–H groups in total. The summed E-state index contributed by atoms with van der Waals surface area (Å²) in [6.07, 6.45) is -0.429. The summed E-state index contributed by atoms with van der Waals surface area (Å²) in [4.78, 5) is 191. The van der Waals surface area contributed by atoms with E-state index in [2.05, 4.69) is 30.0 Å². The van der Waals surface area contributed by atoms with Gasteiger partial charge in [0.2, 0.25) is 6.08 Å². The highest BCUT2D eigenvalue weighted by atomic mass is 16.6. The normalized spacial score (nSPS) is 10.9. The van der Waals surface area contributed by atoms with Gasteiger partial charge in [-0.25, -0.2) is 80.1 Å². The summed E-state index contributed by atoms with van der Waals surface area (Å²) < 4.78 is 42.8. The van der Waals surface area contributed by atoms with E-state index in [9.17, 15) is 71.9 Å². The van der Waals surface area contributed by atoms with Gasteiger partial charge in [0, 0.05) is 42.9 Å². The first-order chi connectivity index (χ1) is 37.4. The number of aromatic nitrogens is 6. The highest BCUT2D eigenvalue weighted by Gasteiger charge is 2.21. The van der Waals surface area contributed by atoms with Crippen molar-refractivity contribution in [3.63, 3.8) is 0 Å². The zero-order valence-electron chi connectivity index (χ0n) is 44.3. The minimum absolute atomic E-state index is 0.0584. The van der Waals surface area contributed by atoms with E-state index in [4.69, 9.17) is 37.9 Å². The third-order valence-corrected chi connectivity index (χ3v) is 10.7. The van der Waals surface area contributed by atoms with Crippen molar-refractivity contribution in [1.82, 2.24) is 32.7 Å². The average molecular weight is 1120 g/mol. The lowest BCUT2D eigenvalue weighted by Gasteiger charge is -2.16. The zero-order valence-corrected chi connectivity index (χ0v) is 44.3. The summed E-state index contributed by atoms with van der Waals surface area (Å²) in [5.41, 5.74) is -6.98. The molecule has 0 aliphatic carbocycles. The minimum atomic E-state index is -1.25. The second kappa shape index (κ2) is 34.6. The number of isocyanates is 1. The third kappa shape index (κ3) is 23.0. The maximum Gasteiger partial charge on any atom is 0.408 e. The smallest absolute Gasteiger partial charge is 0.408 e. The Kier molecular flexibility index (Phi) is 28.9. The molecule has 2 aromatic heterocycles. The number of alkyl carbamates (subject to hydrolysis) is 1. The summed E-state index contributed by atoms with van der Waals surface area (Å²) in [6, 6.07) is 0. The van der Waals surface area contributed by atoms with Crippen LogP contribution in [0.1, 0.15) is 79.1 Å². The van der Waals surface area contributed by atoms with Gasteiger partial charge in [-0.05, 0) is 46.0 Å². The Morgan fingerprint density at radius 3 is 1.16 bits per heavy atom. The lowest BCUT2D eigenvalue weighted by molar-refractivity contribution is -0.150. The molecule has 0 saturated carbocycles. The number of amides is 1. The van der Waals surface area contributed by atoms with Gasteiger partial charge in [-0.2, -0.15) is 4.99 Å². The van der Waals surface area contributed by atoms with E-state index >= 15 is 0 Å². The fourth-order valence-corrected chi connectivity index (χ4v) is 6.45. The molecule has 0 radical (unpaired) electrons. The van der Waals surface area contributed by atoms with E-state index in [-0.39, 0.29) is 68.9 Å². The number of hydrogen-bond donors (Lipinski definition) is 1. The predicted molar refractivity (Wildman–Crippen MR) is 268 cm³/mol. The van der Waals surface area contributed by atoms with Crippen LogP contribution >= 0.6 is 0 Å². The number of rotatable bonds is 36. The van der Waals surface area contributed by atoms with Crippen molar-refractivity contribution < 1.29 is 81.0 Å². The topological polar surface area (TPSA) is 384 Å². The van der Waals surface area contributed by atoms with E-state index in [1.165, 1.54) is 26.9 Å². The van der Waals surface area contributed by atoms with Crippen LogP contribution in [0.15, 0.2) is 70.2 Å². The summed E-state index contributed by atoms with van der Waals surface area (Å²) in [6.45, 7) is 9.98. The molecule has 1 unspecified atom stereocenters. The van der Waals surface area contributed by atoms with E-state index in [0.717, 1.165) is 0 Å². The summed E-state index contributed by atoms with van der Waals surface area (Å²) in [5, 5.41) is 2.15.